The zero-order chi connectivity index (χ0) is 22.2. The standard InChI is InChI=1S/C25H31ClN2O3/c1-18-7-6-8-20(15-18)16-28(19(2)25(30)27-22-9-4-3-5-10-22)24(29)17-31-23-13-11-21(26)12-14-23/h6-8,11-15,19,22H,3-5,9-10,16-17H2,1-2H3,(H,27,30). The summed E-state index contributed by atoms with van der Waals surface area (Å²) in [6.45, 7) is 4.00. The number of nitrogens with zero attached hydrogens (tertiary/aromatic N) is 1. The summed E-state index contributed by atoms with van der Waals surface area (Å²) in [6.07, 6.45) is 5.51. The second kappa shape index (κ2) is 11.2. The van der Waals surface area contributed by atoms with E-state index >= 15 is 0 Å². The average molecular weight is 443 g/mol. The van der Waals surface area contributed by atoms with Crippen molar-refractivity contribution in [3.05, 3.63) is 64.7 Å². The Morgan fingerprint density at radius 2 is 1.84 bits per heavy atom. The van der Waals surface area contributed by atoms with E-state index in [9.17, 15) is 9.59 Å². The van der Waals surface area contributed by atoms with E-state index in [0.29, 0.717) is 17.3 Å². The summed E-state index contributed by atoms with van der Waals surface area (Å²) >= 11 is 5.91. The first kappa shape index (κ1) is 23.1. The summed E-state index contributed by atoms with van der Waals surface area (Å²) in [6, 6.07) is 14.5. The fourth-order valence-electron chi connectivity index (χ4n) is 3.92. The number of carbonyl (C=O) groups excluding carboxylic acids is 2. The minimum atomic E-state index is -0.594. The summed E-state index contributed by atoms with van der Waals surface area (Å²) < 4.78 is 5.66. The first-order chi connectivity index (χ1) is 14.9. The fraction of sp³-hybridized carbons (Fsp3) is 0.440. The molecule has 5 nitrogen and oxygen atoms in total. The van der Waals surface area contributed by atoms with Crippen LogP contribution >= 0.6 is 11.6 Å². The maximum Gasteiger partial charge on any atom is 0.261 e. The quantitative estimate of drug-likeness (QED) is 0.633. The van der Waals surface area contributed by atoms with Gasteiger partial charge in [-0.3, -0.25) is 9.59 Å². The summed E-state index contributed by atoms with van der Waals surface area (Å²) in [5.41, 5.74) is 2.10. The number of halogens is 1. The molecule has 0 radical (unpaired) electrons. The monoisotopic (exact) mass is 442 g/mol. The molecule has 3 rings (SSSR count). The Balaban J connectivity index is 1.70. The summed E-state index contributed by atoms with van der Waals surface area (Å²) in [5.74, 6) is 0.217. The van der Waals surface area contributed by atoms with Gasteiger partial charge in [-0.2, -0.15) is 0 Å². The number of hydrogen-bond donors (Lipinski definition) is 1. The first-order valence-corrected chi connectivity index (χ1v) is 11.3. The van der Waals surface area contributed by atoms with Crippen LogP contribution in [0.1, 0.15) is 50.2 Å². The number of nitrogens with one attached hydrogen (secondary N) is 1. The molecule has 166 valence electrons. The van der Waals surface area contributed by atoms with Crippen LogP contribution in [0.25, 0.3) is 0 Å². The molecule has 1 saturated carbocycles. The van der Waals surface area contributed by atoms with E-state index in [1.54, 1.807) is 36.1 Å². The number of amides is 2. The van der Waals surface area contributed by atoms with Crippen molar-refractivity contribution in [2.75, 3.05) is 6.61 Å². The van der Waals surface area contributed by atoms with Crippen LogP contribution < -0.4 is 10.1 Å². The third-order valence-corrected chi connectivity index (χ3v) is 5.98. The highest BCUT2D eigenvalue weighted by Gasteiger charge is 2.28. The van der Waals surface area contributed by atoms with Crippen LogP contribution in [-0.2, 0) is 16.1 Å². The fourth-order valence-corrected chi connectivity index (χ4v) is 4.04. The topological polar surface area (TPSA) is 58.6 Å². The van der Waals surface area contributed by atoms with E-state index in [-0.39, 0.29) is 24.5 Å². The van der Waals surface area contributed by atoms with Gasteiger partial charge in [0.05, 0.1) is 0 Å². The minimum Gasteiger partial charge on any atom is -0.484 e. The molecule has 2 amide bonds. The van der Waals surface area contributed by atoms with Crippen LogP contribution in [0.2, 0.25) is 5.02 Å². The number of carbonyl (C=O) groups is 2. The van der Waals surface area contributed by atoms with E-state index in [2.05, 4.69) is 5.32 Å². The Kier molecular flexibility index (Phi) is 8.35. The molecule has 1 aliphatic carbocycles. The molecule has 0 aliphatic heterocycles. The van der Waals surface area contributed by atoms with Crippen molar-refractivity contribution >= 4 is 23.4 Å². The lowest BCUT2D eigenvalue weighted by molar-refractivity contribution is -0.142. The predicted molar refractivity (Wildman–Crippen MR) is 123 cm³/mol. The Morgan fingerprint density at radius 3 is 2.52 bits per heavy atom. The summed E-state index contributed by atoms with van der Waals surface area (Å²) in [5, 5.41) is 3.75. The van der Waals surface area contributed by atoms with Gasteiger partial charge in [0.1, 0.15) is 11.8 Å². The van der Waals surface area contributed by atoms with Gasteiger partial charge in [-0.25, -0.2) is 0 Å². The lowest BCUT2D eigenvalue weighted by Gasteiger charge is -2.31. The molecule has 0 bridgehead atoms. The third kappa shape index (κ3) is 7.00. The second-order valence-corrected chi connectivity index (χ2v) is 8.71. The summed E-state index contributed by atoms with van der Waals surface area (Å²) in [7, 11) is 0. The molecule has 2 aromatic carbocycles. The number of rotatable bonds is 8. The number of aryl methyl sites for hydroxylation is 1. The molecular weight excluding hydrogens is 412 g/mol. The maximum atomic E-state index is 13.1. The third-order valence-electron chi connectivity index (χ3n) is 5.73. The van der Waals surface area contributed by atoms with Gasteiger partial charge in [-0.05, 0) is 56.5 Å². The Bertz CT molecular complexity index is 879. The van der Waals surface area contributed by atoms with Crippen molar-refractivity contribution in [3.8, 4) is 5.75 Å². The predicted octanol–water partition coefficient (Wildman–Crippen LogP) is 4.89. The van der Waals surface area contributed by atoms with E-state index in [1.807, 2.05) is 31.2 Å². The van der Waals surface area contributed by atoms with Gasteiger partial charge in [0.25, 0.3) is 5.91 Å². The van der Waals surface area contributed by atoms with Crippen LogP contribution in [0.15, 0.2) is 48.5 Å². The average Bonchev–Trinajstić information content (AvgIpc) is 2.77. The van der Waals surface area contributed by atoms with Gasteiger partial charge < -0.3 is 15.0 Å². The molecule has 1 N–H and O–H groups in total. The molecule has 31 heavy (non-hydrogen) atoms. The van der Waals surface area contributed by atoms with Crippen molar-refractivity contribution in [2.24, 2.45) is 0 Å². The molecule has 6 heteroatoms. The van der Waals surface area contributed by atoms with Gasteiger partial charge >= 0.3 is 0 Å². The van der Waals surface area contributed by atoms with Crippen LogP contribution in [0.4, 0.5) is 0 Å². The highest BCUT2D eigenvalue weighted by molar-refractivity contribution is 6.30. The molecule has 0 saturated heterocycles. The van der Waals surface area contributed by atoms with Crippen molar-refractivity contribution in [3.63, 3.8) is 0 Å². The van der Waals surface area contributed by atoms with E-state index < -0.39 is 6.04 Å². The molecule has 0 aromatic heterocycles. The number of benzene rings is 2. The maximum absolute atomic E-state index is 13.1. The van der Waals surface area contributed by atoms with E-state index in [0.717, 1.165) is 36.8 Å². The van der Waals surface area contributed by atoms with Crippen molar-refractivity contribution < 1.29 is 14.3 Å². The highest BCUT2D eigenvalue weighted by atomic mass is 35.5. The lowest BCUT2D eigenvalue weighted by Crippen LogP contribution is -2.51. The number of hydrogen-bond acceptors (Lipinski definition) is 3. The van der Waals surface area contributed by atoms with Crippen LogP contribution in [0.5, 0.6) is 5.75 Å². The van der Waals surface area contributed by atoms with E-state index in [1.165, 1.54) is 6.42 Å². The number of ether oxygens (including phenoxy) is 1. The summed E-state index contributed by atoms with van der Waals surface area (Å²) in [4.78, 5) is 27.7. The zero-order valence-corrected chi connectivity index (χ0v) is 19.0. The van der Waals surface area contributed by atoms with Crippen LogP contribution in [0, 0.1) is 6.92 Å². The van der Waals surface area contributed by atoms with Gasteiger partial charge in [-0.15, -0.1) is 0 Å². The SMILES string of the molecule is Cc1cccc(CN(C(=O)COc2ccc(Cl)cc2)C(C)C(=O)NC2CCCCC2)c1. The van der Waals surface area contributed by atoms with Crippen molar-refractivity contribution in [1.82, 2.24) is 10.2 Å². The van der Waals surface area contributed by atoms with Gasteiger partial charge in [0.2, 0.25) is 5.91 Å². The van der Waals surface area contributed by atoms with Crippen LogP contribution in [-0.4, -0.2) is 35.4 Å². The van der Waals surface area contributed by atoms with Crippen molar-refractivity contribution in [1.29, 1.82) is 0 Å². The molecule has 2 aromatic rings. The van der Waals surface area contributed by atoms with Gasteiger partial charge in [0.15, 0.2) is 6.61 Å². The lowest BCUT2D eigenvalue weighted by atomic mass is 9.95. The minimum absolute atomic E-state index is 0.112. The van der Waals surface area contributed by atoms with E-state index in [4.69, 9.17) is 16.3 Å². The van der Waals surface area contributed by atoms with Crippen LogP contribution in [0.3, 0.4) is 0 Å². The first-order valence-electron chi connectivity index (χ1n) is 11.0. The highest BCUT2D eigenvalue weighted by Crippen LogP contribution is 2.19. The Labute approximate surface area is 189 Å². The van der Waals surface area contributed by atoms with Gasteiger partial charge in [0, 0.05) is 17.6 Å². The van der Waals surface area contributed by atoms with Gasteiger partial charge in [-0.1, -0.05) is 60.7 Å². The molecular formula is C25H31ClN2O3. The van der Waals surface area contributed by atoms with Crippen molar-refractivity contribution in [2.45, 2.75) is 64.6 Å². The normalized spacial score (nSPS) is 15.2. The molecule has 1 fully saturated rings. The zero-order valence-electron chi connectivity index (χ0n) is 18.3. The molecule has 1 unspecified atom stereocenters. The Hall–Kier alpha value is -2.53. The molecule has 1 aliphatic rings. The molecule has 1 atom stereocenters. The Morgan fingerprint density at radius 1 is 1.13 bits per heavy atom. The molecule has 0 spiro atoms. The largest absolute Gasteiger partial charge is 0.484 e. The second-order valence-electron chi connectivity index (χ2n) is 8.27. The molecule has 0 heterocycles. The smallest absolute Gasteiger partial charge is 0.261 e.